The molecule has 0 saturated heterocycles. The van der Waals surface area contributed by atoms with Crippen LogP contribution >= 0.6 is 11.6 Å². The molecular formula is C16H15ClFN5. The van der Waals surface area contributed by atoms with Crippen molar-refractivity contribution >= 4 is 11.6 Å². The first-order valence-electron chi connectivity index (χ1n) is 7.32. The summed E-state index contributed by atoms with van der Waals surface area (Å²) in [5, 5.41) is 8.47. The van der Waals surface area contributed by atoms with Crippen molar-refractivity contribution in [1.82, 2.24) is 24.7 Å². The molecule has 0 saturated carbocycles. The minimum absolute atomic E-state index is 0.219. The van der Waals surface area contributed by atoms with Crippen molar-refractivity contribution in [2.75, 3.05) is 0 Å². The average Bonchev–Trinajstić information content (AvgIpc) is 2.99. The van der Waals surface area contributed by atoms with Gasteiger partial charge in [-0.05, 0) is 30.2 Å². The zero-order valence-corrected chi connectivity index (χ0v) is 13.3. The van der Waals surface area contributed by atoms with Crippen molar-refractivity contribution < 1.29 is 4.39 Å². The van der Waals surface area contributed by atoms with Gasteiger partial charge in [0, 0.05) is 18.6 Å². The van der Waals surface area contributed by atoms with Gasteiger partial charge in [0.05, 0.1) is 12.2 Å². The number of hydrogen-bond donors (Lipinski definition) is 0. The highest BCUT2D eigenvalue weighted by molar-refractivity contribution is 6.29. The second kappa shape index (κ2) is 6.83. The molecule has 0 aliphatic carbocycles. The molecule has 118 valence electrons. The molecule has 0 aromatic carbocycles. The monoisotopic (exact) mass is 331 g/mol. The summed E-state index contributed by atoms with van der Waals surface area (Å²) < 4.78 is 15.8. The number of nitrogens with zero attached hydrogens (tertiary/aromatic N) is 5. The predicted molar refractivity (Wildman–Crippen MR) is 85.6 cm³/mol. The van der Waals surface area contributed by atoms with Crippen molar-refractivity contribution in [2.45, 2.75) is 26.3 Å². The molecule has 0 radical (unpaired) electrons. The lowest BCUT2D eigenvalue weighted by Gasteiger charge is -2.10. The van der Waals surface area contributed by atoms with Crippen LogP contribution in [0.1, 0.15) is 24.6 Å². The largest absolute Gasteiger partial charge is 0.324 e. The van der Waals surface area contributed by atoms with Gasteiger partial charge in [0.25, 0.3) is 0 Å². The van der Waals surface area contributed by atoms with E-state index in [0.29, 0.717) is 17.5 Å². The van der Waals surface area contributed by atoms with Gasteiger partial charge in [-0.3, -0.25) is 0 Å². The van der Waals surface area contributed by atoms with Gasteiger partial charge in [0.1, 0.15) is 5.69 Å². The molecule has 0 amide bonds. The smallest absolute Gasteiger partial charge is 0.162 e. The van der Waals surface area contributed by atoms with E-state index >= 15 is 0 Å². The Kier molecular flexibility index (Phi) is 4.62. The number of pyridine rings is 1. The van der Waals surface area contributed by atoms with E-state index in [4.69, 9.17) is 11.6 Å². The molecule has 0 fully saturated rings. The quantitative estimate of drug-likeness (QED) is 0.717. The topological polar surface area (TPSA) is 56.5 Å². The molecule has 23 heavy (non-hydrogen) atoms. The van der Waals surface area contributed by atoms with E-state index in [2.05, 4.69) is 27.1 Å². The number of hydrogen-bond acceptors (Lipinski definition) is 4. The Balaban J connectivity index is 1.97. The van der Waals surface area contributed by atoms with Gasteiger partial charge in [-0.1, -0.05) is 24.9 Å². The second-order valence-corrected chi connectivity index (χ2v) is 5.49. The minimum atomic E-state index is -0.407. The van der Waals surface area contributed by atoms with Crippen molar-refractivity contribution in [3.8, 4) is 11.5 Å². The molecule has 0 spiro atoms. The number of imidazole rings is 1. The molecule has 0 N–H and O–H groups in total. The summed E-state index contributed by atoms with van der Waals surface area (Å²) >= 11 is 5.93. The molecule has 0 aliphatic heterocycles. The van der Waals surface area contributed by atoms with E-state index in [0.717, 1.165) is 24.1 Å². The zero-order valence-electron chi connectivity index (χ0n) is 12.6. The Morgan fingerprint density at radius 1 is 1.22 bits per heavy atom. The fraction of sp³-hybridized carbons (Fsp3) is 0.250. The fourth-order valence-electron chi connectivity index (χ4n) is 2.41. The first kappa shape index (κ1) is 15.6. The Morgan fingerprint density at radius 3 is 2.87 bits per heavy atom. The third kappa shape index (κ3) is 3.37. The Hall–Kier alpha value is -2.34. The normalized spacial score (nSPS) is 10.9. The maximum absolute atomic E-state index is 14.0. The summed E-state index contributed by atoms with van der Waals surface area (Å²) in [6.07, 6.45) is 6.76. The van der Waals surface area contributed by atoms with Gasteiger partial charge < -0.3 is 4.57 Å². The molecule has 3 heterocycles. The highest BCUT2D eigenvalue weighted by Crippen LogP contribution is 2.20. The molecule has 3 aromatic heterocycles. The second-order valence-electron chi connectivity index (χ2n) is 5.10. The zero-order chi connectivity index (χ0) is 16.2. The van der Waals surface area contributed by atoms with Crippen LogP contribution in [0.5, 0.6) is 0 Å². The first-order valence-corrected chi connectivity index (χ1v) is 7.70. The molecule has 0 unspecified atom stereocenters. The molecular weight excluding hydrogens is 317 g/mol. The Labute approximate surface area is 138 Å². The summed E-state index contributed by atoms with van der Waals surface area (Å²) in [5.74, 6) is 0.0539. The number of rotatable bonds is 5. The lowest BCUT2D eigenvalue weighted by molar-refractivity contribution is 0.621. The van der Waals surface area contributed by atoms with E-state index in [1.165, 1.54) is 6.07 Å². The van der Waals surface area contributed by atoms with Gasteiger partial charge >= 0.3 is 0 Å². The summed E-state index contributed by atoms with van der Waals surface area (Å²) in [5.41, 5.74) is 2.05. The summed E-state index contributed by atoms with van der Waals surface area (Å²) in [7, 11) is 0. The van der Waals surface area contributed by atoms with E-state index in [-0.39, 0.29) is 5.69 Å². The molecule has 5 nitrogen and oxygen atoms in total. The van der Waals surface area contributed by atoms with Crippen molar-refractivity contribution in [1.29, 1.82) is 0 Å². The summed E-state index contributed by atoms with van der Waals surface area (Å²) in [6.45, 7) is 2.52. The number of aryl methyl sites for hydroxylation is 1. The Bertz CT molecular complexity index is 818. The highest BCUT2D eigenvalue weighted by atomic mass is 35.5. The first-order chi connectivity index (χ1) is 11.2. The molecule has 0 aliphatic rings. The minimum Gasteiger partial charge on any atom is -0.324 e. The van der Waals surface area contributed by atoms with Crippen LogP contribution < -0.4 is 0 Å². The lowest BCUT2D eigenvalue weighted by Crippen LogP contribution is -2.08. The maximum Gasteiger partial charge on any atom is 0.162 e. The van der Waals surface area contributed by atoms with Crippen LogP contribution in [-0.2, 0) is 13.0 Å². The third-order valence-electron chi connectivity index (χ3n) is 3.46. The predicted octanol–water partition coefficient (Wildman–Crippen LogP) is 3.53. The van der Waals surface area contributed by atoms with Crippen LogP contribution in [0.25, 0.3) is 11.5 Å². The van der Waals surface area contributed by atoms with Crippen LogP contribution in [0.2, 0.25) is 5.15 Å². The van der Waals surface area contributed by atoms with E-state index in [1.807, 2.05) is 10.6 Å². The third-order valence-corrected chi connectivity index (χ3v) is 3.64. The fourth-order valence-corrected chi connectivity index (χ4v) is 2.58. The standard InChI is InChI=1S/C16H15ClFN5/c1-2-4-11-9-14(17)22-21-13(11)10-23-8-7-20-16(23)15-12(18)5-3-6-19-15/h3,5-9H,2,4,10H2,1H3. The maximum atomic E-state index is 14.0. The highest BCUT2D eigenvalue weighted by Gasteiger charge is 2.14. The Morgan fingerprint density at radius 2 is 2.09 bits per heavy atom. The van der Waals surface area contributed by atoms with Crippen LogP contribution in [0.3, 0.4) is 0 Å². The van der Waals surface area contributed by atoms with Gasteiger partial charge in [0.2, 0.25) is 0 Å². The SMILES string of the molecule is CCCc1cc(Cl)nnc1Cn1ccnc1-c1ncccc1F. The van der Waals surface area contributed by atoms with Crippen molar-refractivity contribution in [3.63, 3.8) is 0 Å². The van der Waals surface area contributed by atoms with Crippen LogP contribution in [0, 0.1) is 5.82 Å². The van der Waals surface area contributed by atoms with Crippen molar-refractivity contribution in [3.05, 3.63) is 59.0 Å². The molecule has 0 atom stereocenters. The van der Waals surface area contributed by atoms with E-state index in [1.54, 1.807) is 24.7 Å². The van der Waals surface area contributed by atoms with Gasteiger partial charge in [-0.2, -0.15) is 5.10 Å². The molecule has 0 bridgehead atoms. The lowest BCUT2D eigenvalue weighted by atomic mass is 10.1. The van der Waals surface area contributed by atoms with E-state index in [9.17, 15) is 4.39 Å². The van der Waals surface area contributed by atoms with Crippen molar-refractivity contribution in [2.24, 2.45) is 0 Å². The average molecular weight is 332 g/mol. The summed E-state index contributed by atoms with van der Waals surface area (Å²) in [6, 6.07) is 4.74. The van der Waals surface area contributed by atoms with Gasteiger partial charge in [-0.25, -0.2) is 14.4 Å². The van der Waals surface area contributed by atoms with Gasteiger partial charge in [-0.15, -0.1) is 5.10 Å². The van der Waals surface area contributed by atoms with Crippen LogP contribution in [0.4, 0.5) is 4.39 Å². The molecule has 3 rings (SSSR count). The summed E-state index contributed by atoms with van der Waals surface area (Å²) in [4.78, 5) is 8.30. The van der Waals surface area contributed by atoms with Crippen LogP contribution in [-0.4, -0.2) is 24.7 Å². The van der Waals surface area contributed by atoms with E-state index < -0.39 is 5.82 Å². The number of halogens is 2. The van der Waals surface area contributed by atoms with Gasteiger partial charge in [0.15, 0.2) is 16.8 Å². The molecule has 3 aromatic rings. The molecule has 7 heteroatoms. The van der Waals surface area contributed by atoms with Crippen LogP contribution in [0.15, 0.2) is 36.8 Å². The number of aromatic nitrogens is 5.